The van der Waals surface area contributed by atoms with Crippen LogP contribution in [0.4, 0.5) is 4.39 Å². The minimum absolute atomic E-state index is 0.0104. The molecule has 25 heavy (non-hydrogen) atoms. The zero-order chi connectivity index (χ0) is 18.0. The summed E-state index contributed by atoms with van der Waals surface area (Å²) in [5, 5.41) is 11.9. The van der Waals surface area contributed by atoms with Gasteiger partial charge in [-0.2, -0.15) is 0 Å². The largest absolute Gasteiger partial charge is 0.444 e. The van der Waals surface area contributed by atoms with E-state index in [1.165, 1.54) is 12.1 Å². The standard InChI is InChI=1S/C18H22FN5O/c1-5-17-21-11(2)16(25-17)10-20-12(3)18-13(4)24(23-22-18)15-8-6-14(19)7-9-15/h6-9,12,20H,5,10H2,1-4H3. The van der Waals surface area contributed by atoms with Crippen LogP contribution in [-0.2, 0) is 13.0 Å². The fraction of sp³-hybridized carbons (Fsp3) is 0.389. The Balaban J connectivity index is 1.73. The summed E-state index contributed by atoms with van der Waals surface area (Å²) in [6.07, 6.45) is 0.779. The first kappa shape index (κ1) is 17.3. The molecule has 1 aromatic carbocycles. The maximum atomic E-state index is 13.1. The highest BCUT2D eigenvalue weighted by Gasteiger charge is 2.17. The molecule has 3 aromatic rings. The monoisotopic (exact) mass is 343 g/mol. The Morgan fingerprint density at radius 2 is 1.96 bits per heavy atom. The number of nitrogens with zero attached hydrogens (tertiary/aromatic N) is 4. The number of nitrogens with one attached hydrogen (secondary N) is 1. The summed E-state index contributed by atoms with van der Waals surface area (Å²) < 4.78 is 20.5. The zero-order valence-corrected chi connectivity index (χ0v) is 14.9. The van der Waals surface area contributed by atoms with Crippen LogP contribution in [0.1, 0.15) is 48.6 Å². The molecule has 0 aliphatic carbocycles. The highest BCUT2D eigenvalue weighted by atomic mass is 19.1. The van der Waals surface area contributed by atoms with Gasteiger partial charge in [-0.3, -0.25) is 0 Å². The van der Waals surface area contributed by atoms with E-state index in [-0.39, 0.29) is 11.9 Å². The van der Waals surface area contributed by atoms with E-state index >= 15 is 0 Å². The highest BCUT2D eigenvalue weighted by Crippen LogP contribution is 2.19. The minimum Gasteiger partial charge on any atom is -0.444 e. The van der Waals surface area contributed by atoms with E-state index in [1.54, 1.807) is 16.8 Å². The molecule has 0 aliphatic heterocycles. The van der Waals surface area contributed by atoms with E-state index in [0.29, 0.717) is 6.54 Å². The molecule has 0 spiro atoms. The quantitative estimate of drug-likeness (QED) is 0.743. The molecular weight excluding hydrogens is 321 g/mol. The van der Waals surface area contributed by atoms with E-state index in [2.05, 4.69) is 20.6 Å². The highest BCUT2D eigenvalue weighted by molar-refractivity contribution is 5.33. The Kier molecular flexibility index (Phi) is 4.94. The summed E-state index contributed by atoms with van der Waals surface area (Å²) in [4.78, 5) is 4.38. The first-order valence-corrected chi connectivity index (χ1v) is 8.36. The lowest BCUT2D eigenvalue weighted by molar-refractivity contribution is 0.426. The molecule has 2 heterocycles. The van der Waals surface area contributed by atoms with Crippen LogP contribution in [0.15, 0.2) is 28.7 Å². The molecule has 1 unspecified atom stereocenters. The third kappa shape index (κ3) is 3.61. The van der Waals surface area contributed by atoms with Gasteiger partial charge in [0.2, 0.25) is 0 Å². The molecular formula is C18H22FN5O. The predicted molar refractivity (Wildman–Crippen MR) is 91.9 cm³/mol. The SMILES string of the molecule is CCc1nc(C)c(CNC(C)c2nnn(-c3ccc(F)cc3)c2C)o1. The maximum Gasteiger partial charge on any atom is 0.194 e. The van der Waals surface area contributed by atoms with Gasteiger partial charge in [0.15, 0.2) is 5.89 Å². The molecule has 0 saturated heterocycles. The number of aryl methyl sites for hydroxylation is 2. The van der Waals surface area contributed by atoms with Crippen LogP contribution < -0.4 is 5.32 Å². The summed E-state index contributed by atoms with van der Waals surface area (Å²) in [7, 11) is 0. The number of hydrogen-bond acceptors (Lipinski definition) is 5. The van der Waals surface area contributed by atoms with E-state index in [9.17, 15) is 4.39 Å². The third-order valence-electron chi connectivity index (χ3n) is 4.22. The fourth-order valence-electron chi connectivity index (χ4n) is 2.71. The van der Waals surface area contributed by atoms with Gasteiger partial charge in [-0.05, 0) is 45.0 Å². The van der Waals surface area contributed by atoms with Crippen LogP contribution in [0.2, 0.25) is 0 Å². The Morgan fingerprint density at radius 3 is 2.60 bits per heavy atom. The van der Waals surface area contributed by atoms with Crippen LogP contribution in [0.25, 0.3) is 5.69 Å². The first-order chi connectivity index (χ1) is 12.0. The van der Waals surface area contributed by atoms with Crippen molar-refractivity contribution < 1.29 is 8.81 Å². The number of benzene rings is 1. The molecule has 0 bridgehead atoms. The van der Waals surface area contributed by atoms with Crippen molar-refractivity contribution in [3.05, 3.63) is 58.8 Å². The van der Waals surface area contributed by atoms with Crippen molar-refractivity contribution in [1.82, 2.24) is 25.3 Å². The summed E-state index contributed by atoms with van der Waals surface area (Å²) in [6, 6.07) is 6.18. The second-order valence-corrected chi connectivity index (χ2v) is 6.02. The smallest absolute Gasteiger partial charge is 0.194 e. The summed E-state index contributed by atoms with van der Waals surface area (Å²) in [5.41, 5.74) is 3.44. The second-order valence-electron chi connectivity index (χ2n) is 6.02. The van der Waals surface area contributed by atoms with Gasteiger partial charge in [-0.15, -0.1) is 5.10 Å². The van der Waals surface area contributed by atoms with Crippen molar-refractivity contribution in [3.8, 4) is 5.69 Å². The van der Waals surface area contributed by atoms with Gasteiger partial charge >= 0.3 is 0 Å². The average Bonchev–Trinajstić information content (AvgIpc) is 3.16. The topological polar surface area (TPSA) is 68.8 Å². The number of aromatic nitrogens is 4. The Morgan fingerprint density at radius 1 is 1.24 bits per heavy atom. The minimum atomic E-state index is -0.273. The molecule has 132 valence electrons. The number of rotatable bonds is 6. The number of oxazole rings is 1. The molecule has 0 amide bonds. The normalized spacial score (nSPS) is 12.5. The summed E-state index contributed by atoms with van der Waals surface area (Å²) in [5.74, 6) is 1.32. The van der Waals surface area contributed by atoms with Crippen LogP contribution in [0.3, 0.4) is 0 Å². The van der Waals surface area contributed by atoms with Crippen molar-refractivity contribution in [1.29, 1.82) is 0 Å². The van der Waals surface area contributed by atoms with Crippen LogP contribution in [0, 0.1) is 19.7 Å². The fourth-order valence-corrected chi connectivity index (χ4v) is 2.71. The number of hydrogen-bond donors (Lipinski definition) is 1. The molecule has 7 heteroatoms. The molecule has 0 aliphatic rings. The summed E-state index contributed by atoms with van der Waals surface area (Å²) in [6.45, 7) is 8.51. The molecule has 2 aromatic heterocycles. The van der Waals surface area contributed by atoms with E-state index in [1.807, 2.05) is 27.7 Å². The lowest BCUT2D eigenvalue weighted by Crippen LogP contribution is -2.19. The molecule has 1 N–H and O–H groups in total. The number of halogens is 1. The van der Waals surface area contributed by atoms with E-state index < -0.39 is 0 Å². The van der Waals surface area contributed by atoms with Gasteiger partial charge in [-0.1, -0.05) is 12.1 Å². The van der Waals surface area contributed by atoms with Crippen molar-refractivity contribution in [2.45, 2.75) is 46.7 Å². The van der Waals surface area contributed by atoms with Gasteiger partial charge in [0.05, 0.1) is 29.7 Å². The molecule has 0 saturated carbocycles. The lowest BCUT2D eigenvalue weighted by atomic mass is 10.2. The van der Waals surface area contributed by atoms with Crippen LogP contribution in [-0.4, -0.2) is 20.0 Å². The van der Waals surface area contributed by atoms with Crippen LogP contribution >= 0.6 is 0 Å². The van der Waals surface area contributed by atoms with Gasteiger partial charge in [0.1, 0.15) is 17.3 Å². The van der Waals surface area contributed by atoms with Gasteiger partial charge in [0.25, 0.3) is 0 Å². The molecule has 1 atom stereocenters. The predicted octanol–water partition coefficient (Wildman–Crippen LogP) is 3.42. The van der Waals surface area contributed by atoms with Crippen LogP contribution in [0.5, 0.6) is 0 Å². The van der Waals surface area contributed by atoms with Crippen molar-refractivity contribution in [3.63, 3.8) is 0 Å². The zero-order valence-electron chi connectivity index (χ0n) is 14.9. The first-order valence-electron chi connectivity index (χ1n) is 8.36. The van der Waals surface area contributed by atoms with Crippen molar-refractivity contribution in [2.24, 2.45) is 0 Å². The van der Waals surface area contributed by atoms with Gasteiger partial charge in [0, 0.05) is 6.42 Å². The van der Waals surface area contributed by atoms with E-state index in [4.69, 9.17) is 4.42 Å². The Bertz CT molecular complexity index is 853. The van der Waals surface area contributed by atoms with Gasteiger partial charge < -0.3 is 9.73 Å². The lowest BCUT2D eigenvalue weighted by Gasteiger charge is -2.11. The van der Waals surface area contributed by atoms with Gasteiger partial charge in [-0.25, -0.2) is 14.1 Å². The molecule has 0 radical (unpaired) electrons. The van der Waals surface area contributed by atoms with Crippen molar-refractivity contribution >= 4 is 0 Å². The second kappa shape index (κ2) is 7.14. The maximum absolute atomic E-state index is 13.1. The summed E-state index contributed by atoms with van der Waals surface area (Å²) >= 11 is 0. The third-order valence-corrected chi connectivity index (χ3v) is 4.22. The van der Waals surface area contributed by atoms with E-state index in [0.717, 1.165) is 40.8 Å². The molecule has 0 fully saturated rings. The van der Waals surface area contributed by atoms with Crippen molar-refractivity contribution in [2.75, 3.05) is 0 Å². The average molecular weight is 343 g/mol. The Labute approximate surface area is 146 Å². The Hall–Kier alpha value is -2.54. The molecule has 6 nitrogen and oxygen atoms in total. The molecule has 3 rings (SSSR count).